The van der Waals surface area contributed by atoms with Crippen LogP contribution in [0.4, 0.5) is 0 Å². The summed E-state index contributed by atoms with van der Waals surface area (Å²) in [4.78, 5) is 13.2. The molecule has 0 amide bonds. The predicted octanol–water partition coefficient (Wildman–Crippen LogP) is -0.0921. The van der Waals surface area contributed by atoms with Gasteiger partial charge in [0.05, 0.1) is 0 Å². The molecule has 0 atom stereocenters. The van der Waals surface area contributed by atoms with Crippen LogP contribution >= 0.6 is 0 Å². The van der Waals surface area contributed by atoms with Gasteiger partial charge in [0.25, 0.3) is 0 Å². The summed E-state index contributed by atoms with van der Waals surface area (Å²) < 4.78 is 0. The van der Waals surface area contributed by atoms with E-state index in [9.17, 15) is 0 Å². The Morgan fingerprint density at radius 3 is 1.78 bits per heavy atom. The van der Waals surface area contributed by atoms with Crippen molar-refractivity contribution in [3.05, 3.63) is 12.4 Å². The molecule has 0 saturated carbocycles. The minimum atomic E-state index is -0.583. The van der Waals surface area contributed by atoms with Gasteiger partial charge in [-0.2, -0.15) is 0 Å². The molecule has 2 heterocycles. The quantitative estimate of drug-likeness (QED) is 0.337. The number of hydrogen-bond donors (Lipinski definition) is 0. The van der Waals surface area contributed by atoms with Crippen LogP contribution in [-0.4, -0.2) is 29.9 Å². The standard InChI is InChI=1S/C5H8N2O2/c1-6-3-4-7(2)5(6)8-9-5/h3-4H,1-2H3. The molecule has 2 aliphatic rings. The Balaban J connectivity index is 2.24. The molecular formula is C5H8N2O2. The maximum absolute atomic E-state index is 4.77. The lowest BCUT2D eigenvalue weighted by atomic mass is 10.7. The van der Waals surface area contributed by atoms with Gasteiger partial charge >= 0.3 is 6.03 Å². The molecule has 9 heavy (non-hydrogen) atoms. The zero-order chi connectivity index (χ0) is 6.48. The van der Waals surface area contributed by atoms with Crippen LogP contribution < -0.4 is 0 Å². The van der Waals surface area contributed by atoms with Gasteiger partial charge in [-0.25, -0.2) is 0 Å². The van der Waals surface area contributed by atoms with Crippen LogP contribution in [-0.2, 0) is 9.78 Å². The van der Waals surface area contributed by atoms with Crippen molar-refractivity contribution in [2.45, 2.75) is 6.03 Å². The zero-order valence-electron chi connectivity index (χ0n) is 5.37. The summed E-state index contributed by atoms with van der Waals surface area (Å²) in [6, 6.07) is -0.583. The molecular weight excluding hydrogens is 120 g/mol. The maximum atomic E-state index is 4.77. The smallest absolute Gasteiger partial charge is 0.306 e. The Morgan fingerprint density at radius 2 is 1.56 bits per heavy atom. The molecule has 0 aromatic rings. The van der Waals surface area contributed by atoms with E-state index in [1.54, 1.807) is 0 Å². The molecule has 2 rings (SSSR count). The van der Waals surface area contributed by atoms with Crippen molar-refractivity contribution < 1.29 is 9.78 Å². The first-order valence-corrected chi connectivity index (χ1v) is 2.77. The largest absolute Gasteiger partial charge is 0.396 e. The van der Waals surface area contributed by atoms with Crippen LogP contribution in [0.2, 0.25) is 0 Å². The second kappa shape index (κ2) is 1.22. The molecule has 50 valence electrons. The average molecular weight is 128 g/mol. The summed E-state index contributed by atoms with van der Waals surface area (Å²) in [6.07, 6.45) is 3.79. The number of hydrogen-bond acceptors (Lipinski definition) is 4. The molecule has 0 radical (unpaired) electrons. The van der Waals surface area contributed by atoms with Crippen molar-refractivity contribution in [3.8, 4) is 0 Å². The third-order valence-corrected chi connectivity index (χ3v) is 1.64. The predicted molar refractivity (Wildman–Crippen MR) is 29.6 cm³/mol. The Hall–Kier alpha value is -0.740. The Morgan fingerprint density at radius 1 is 1.11 bits per heavy atom. The summed E-state index contributed by atoms with van der Waals surface area (Å²) in [5.41, 5.74) is 0. The third kappa shape index (κ3) is 0.444. The summed E-state index contributed by atoms with van der Waals surface area (Å²) >= 11 is 0. The molecule has 0 aromatic carbocycles. The monoisotopic (exact) mass is 128 g/mol. The van der Waals surface area contributed by atoms with Crippen molar-refractivity contribution in [1.82, 2.24) is 9.80 Å². The van der Waals surface area contributed by atoms with E-state index in [2.05, 4.69) is 0 Å². The lowest BCUT2D eigenvalue weighted by Gasteiger charge is -2.16. The van der Waals surface area contributed by atoms with Crippen molar-refractivity contribution in [2.75, 3.05) is 14.1 Å². The van der Waals surface area contributed by atoms with E-state index in [1.165, 1.54) is 0 Å². The second-order valence-corrected chi connectivity index (χ2v) is 2.24. The molecule has 4 nitrogen and oxygen atoms in total. The first-order chi connectivity index (χ1) is 4.26. The van der Waals surface area contributed by atoms with E-state index in [1.807, 2.05) is 36.3 Å². The maximum Gasteiger partial charge on any atom is 0.396 e. The molecule has 0 unspecified atom stereocenters. The van der Waals surface area contributed by atoms with E-state index in [0.29, 0.717) is 0 Å². The van der Waals surface area contributed by atoms with Crippen molar-refractivity contribution in [2.24, 2.45) is 0 Å². The minimum Gasteiger partial charge on any atom is -0.306 e. The normalized spacial score (nSPS) is 28.2. The highest BCUT2D eigenvalue weighted by molar-refractivity contribution is 4.96. The number of rotatable bonds is 0. The average Bonchev–Trinajstić information content (AvgIpc) is 2.56. The minimum absolute atomic E-state index is 0.583. The fourth-order valence-electron chi connectivity index (χ4n) is 0.910. The van der Waals surface area contributed by atoms with Gasteiger partial charge in [0, 0.05) is 26.5 Å². The summed E-state index contributed by atoms with van der Waals surface area (Å²) in [7, 11) is 3.79. The van der Waals surface area contributed by atoms with Gasteiger partial charge in [0.15, 0.2) is 0 Å². The van der Waals surface area contributed by atoms with E-state index in [4.69, 9.17) is 9.78 Å². The molecule has 1 spiro atoms. The van der Waals surface area contributed by atoms with Crippen molar-refractivity contribution in [3.63, 3.8) is 0 Å². The van der Waals surface area contributed by atoms with Crippen LogP contribution in [0.1, 0.15) is 0 Å². The Bertz CT molecular complexity index is 150. The van der Waals surface area contributed by atoms with Gasteiger partial charge in [0.1, 0.15) is 0 Å². The highest BCUT2D eigenvalue weighted by atomic mass is 17.4. The van der Waals surface area contributed by atoms with Gasteiger partial charge in [-0.1, -0.05) is 0 Å². The topological polar surface area (TPSA) is 31.5 Å². The summed E-state index contributed by atoms with van der Waals surface area (Å²) in [5.74, 6) is 0. The molecule has 4 heteroatoms. The van der Waals surface area contributed by atoms with E-state index in [-0.39, 0.29) is 0 Å². The van der Waals surface area contributed by atoms with E-state index >= 15 is 0 Å². The van der Waals surface area contributed by atoms with Crippen molar-refractivity contribution in [1.29, 1.82) is 0 Å². The lowest BCUT2D eigenvalue weighted by molar-refractivity contribution is 0.0519. The highest BCUT2D eigenvalue weighted by Gasteiger charge is 2.58. The summed E-state index contributed by atoms with van der Waals surface area (Å²) in [5, 5.41) is 0. The Labute approximate surface area is 53.2 Å². The van der Waals surface area contributed by atoms with E-state index in [0.717, 1.165) is 0 Å². The molecule has 0 aliphatic carbocycles. The Kier molecular flexibility index (Phi) is 0.689. The fraction of sp³-hybridized carbons (Fsp3) is 0.600. The third-order valence-electron chi connectivity index (χ3n) is 1.64. The zero-order valence-corrected chi connectivity index (χ0v) is 5.37. The van der Waals surface area contributed by atoms with Gasteiger partial charge in [0.2, 0.25) is 0 Å². The van der Waals surface area contributed by atoms with Gasteiger partial charge < -0.3 is 9.80 Å². The first kappa shape index (κ1) is 5.08. The SMILES string of the molecule is CN1C=CN(C)C12OO2. The number of nitrogens with zero attached hydrogens (tertiary/aromatic N) is 2. The fourth-order valence-corrected chi connectivity index (χ4v) is 0.910. The summed E-state index contributed by atoms with van der Waals surface area (Å²) in [6.45, 7) is 0. The van der Waals surface area contributed by atoms with Crippen LogP contribution in [0.25, 0.3) is 0 Å². The van der Waals surface area contributed by atoms with Crippen LogP contribution in [0.15, 0.2) is 12.4 Å². The lowest BCUT2D eigenvalue weighted by Crippen LogP contribution is -2.37. The highest BCUT2D eigenvalue weighted by Crippen LogP contribution is 2.39. The molecule has 0 bridgehead atoms. The van der Waals surface area contributed by atoms with Crippen molar-refractivity contribution >= 4 is 0 Å². The van der Waals surface area contributed by atoms with Crippen LogP contribution in [0.5, 0.6) is 0 Å². The molecule has 1 saturated heterocycles. The van der Waals surface area contributed by atoms with Crippen LogP contribution in [0.3, 0.4) is 0 Å². The molecule has 0 N–H and O–H groups in total. The van der Waals surface area contributed by atoms with Gasteiger partial charge in [-0.3, -0.25) is 0 Å². The van der Waals surface area contributed by atoms with Crippen LogP contribution in [0, 0.1) is 0 Å². The molecule has 1 fully saturated rings. The van der Waals surface area contributed by atoms with E-state index < -0.39 is 6.03 Å². The molecule has 2 aliphatic heterocycles. The second-order valence-electron chi connectivity index (χ2n) is 2.24. The first-order valence-electron chi connectivity index (χ1n) is 2.77. The van der Waals surface area contributed by atoms with Gasteiger partial charge in [-0.15, -0.1) is 9.78 Å². The van der Waals surface area contributed by atoms with Gasteiger partial charge in [-0.05, 0) is 0 Å². The molecule has 0 aromatic heterocycles.